The SMILES string of the molecule is Cc1cc(N2C(=O)CSCC2=O)ccc1O. The molecule has 0 aliphatic carbocycles. The molecule has 1 aromatic rings. The summed E-state index contributed by atoms with van der Waals surface area (Å²) in [6.07, 6.45) is 0. The first-order valence-electron chi connectivity index (χ1n) is 4.83. The van der Waals surface area contributed by atoms with E-state index in [1.807, 2.05) is 0 Å². The Labute approximate surface area is 97.3 Å². The van der Waals surface area contributed by atoms with Crippen LogP contribution >= 0.6 is 11.8 Å². The number of carbonyl (C=O) groups excluding carboxylic acids is 2. The summed E-state index contributed by atoms with van der Waals surface area (Å²) < 4.78 is 0. The predicted octanol–water partition coefficient (Wildman–Crippen LogP) is 1.31. The number of nitrogens with zero attached hydrogens (tertiary/aromatic N) is 1. The summed E-state index contributed by atoms with van der Waals surface area (Å²) in [5, 5.41) is 9.38. The minimum atomic E-state index is -0.202. The van der Waals surface area contributed by atoms with Gasteiger partial charge in [0.15, 0.2) is 0 Å². The molecular formula is C11H11NO3S. The number of thioether (sulfide) groups is 1. The normalized spacial score (nSPS) is 16.7. The molecule has 16 heavy (non-hydrogen) atoms. The summed E-state index contributed by atoms with van der Waals surface area (Å²) in [7, 11) is 0. The van der Waals surface area contributed by atoms with E-state index in [4.69, 9.17) is 0 Å². The number of rotatable bonds is 1. The lowest BCUT2D eigenvalue weighted by molar-refractivity contribution is -0.124. The van der Waals surface area contributed by atoms with Crippen LogP contribution in [0.3, 0.4) is 0 Å². The lowest BCUT2D eigenvalue weighted by atomic mass is 10.2. The molecule has 1 aromatic carbocycles. The number of benzene rings is 1. The molecule has 0 atom stereocenters. The first-order valence-corrected chi connectivity index (χ1v) is 5.98. The minimum Gasteiger partial charge on any atom is -0.508 e. The van der Waals surface area contributed by atoms with Gasteiger partial charge >= 0.3 is 0 Å². The van der Waals surface area contributed by atoms with Gasteiger partial charge in [-0.05, 0) is 30.7 Å². The number of hydrogen-bond acceptors (Lipinski definition) is 4. The Kier molecular flexibility index (Phi) is 2.87. The standard InChI is InChI=1S/C11H11NO3S/c1-7-4-8(2-3-9(7)13)12-10(14)5-16-6-11(12)15/h2-4,13H,5-6H2,1H3. The minimum absolute atomic E-state index is 0.162. The highest BCUT2D eigenvalue weighted by molar-refractivity contribution is 8.00. The molecule has 2 amide bonds. The van der Waals surface area contributed by atoms with E-state index < -0.39 is 0 Å². The number of phenols is 1. The van der Waals surface area contributed by atoms with E-state index in [0.717, 1.165) is 0 Å². The fraction of sp³-hybridized carbons (Fsp3) is 0.273. The Hall–Kier alpha value is -1.49. The first kappa shape index (κ1) is 11.0. The van der Waals surface area contributed by atoms with Crippen molar-refractivity contribution in [2.24, 2.45) is 0 Å². The molecule has 84 valence electrons. The Bertz CT molecular complexity index is 443. The van der Waals surface area contributed by atoms with E-state index >= 15 is 0 Å². The molecule has 0 unspecified atom stereocenters. The maximum atomic E-state index is 11.6. The van der Waals surface area contributed by atoms with Crippen molar-refractivity contribution < 1.29 is 14.7 Å². The Balaban J connectivity index is 2.38. The van der Waals surface area contributed by atoms with Gasteiger partial charge in [-0.25, -0.2) is 4.90 Å². The van der Waals surface area contributed by atoms with Crippen LogP contribution in [0.2, 0.25) is 0 Å². The van der Waals surface area contributed by atoms with E-state index in [1.165, 1.54) is 22.7 Å². The Morgan fingerprint density at radius 2 is 1.88 bits per heavy atom. The smallest absolute Gasteiger partial charge is 0.243 e. The zero-order chi connectivity index (χ0) is 11.7. The summed E-state index contributed by atoms with van der Waals surface area (Å²) in [4.78, 5) is 24.4. The fourth-order valence-corrected chi connectivity index (χ4v) is 2.27. The predicted molar refractivity (Wildman–Crippen MR) is 62.7 cm³/mol. The van der Waals surface area contributed by atoms with Crippen LogP contribution in [0, 0.1) is 6.92 Å². The van der Waals surface area contributed by atoms with Gasteiger partial charge in [0.25, 0.3) is 0 Å². The molecule has 1 saturated heterocycles. The van der Waals surface area contributed by atoms with Gasteiger partial charge in [-0.15, -0.1) is 11.8 Å². The molecule has 0 spiro atoms. The van der Waals surface area contributed by atoms with E-state index in [-0.39, 0.29) is 17.6 Å². The van der Waals surface area contributed by atoms with Crippen LogP contribution < -0.4 is 4.90 Å². The quantitative estimate of drug-likeness (QED) is 0.748. The number of imide groups is 1. The van der Waals surface area contributed by atoms with Crippen LogP contribution in [-0.2, 0) is 9.59 Å². The molecule has 1 heterocycles. The summed E-state index contributed by atoms with van der Waals surface area (Å²) in [5.41, 5.74) is 1.18. The average Bonchev–Trinajstić information content (AvgIpc) is 2.23. The third kappa shape index (κ3) is 1.90. The van der Waals surface area contributed by atoms with Crippen molar-refractivity contribution in [3.8, 4) is 5.75 Å². The molecule has 0 bridgehead atoms. The van der Waals surface area contributed by atoms with Crippen molar-refractivity contribution in [3.63, 3.8) is 0 Å². The van der Waals surface area contributed by atoms with E-state index in [1.54, 1.807) is 19.1 Å². The maximum absolute atomic E-state index is 11.6. The monoisotopic (exact) mass is 237 g/mol. The van der Waals surface area contributed by atoms with Crippen LogP contribution in [0.15, 0.2) is 18.2 Å². The Morgan fingerprint density at radius 1 is 1.25 bits per heavy atom. The number of carbonyl (C=O) groups is 2. The second-order valence-electron chi connectivity index (χ2n) is 3.59. The zero-order valence-corrected chi connectivity index (χ0v) is 9.58. The van der Waals surface area contributed by atoms with Gasteiger partial charge in [-0.1, -0.05) is 0 Å². The summed E-state index contributed by atoms with van der Waals surface area (Å²) in [6.45, 7) is 1.73. The number of amides is 2. The lowest BCUT2D eigenvalue weighted by Gasteiger charge is -2.24. The highest BCUT2D eigenvalue weighted by Crippen LogP contribution is 2.26. The van der Waals surface area contributed by atoms with Crippen LogP contribution in [0.4, 0.5) is 5.69 Å². The number of aromatic hydroxyl groups is 1. The van der Waals surface area contributed by atoms with Crippen molar-refractivity contribution in [1.29, 1.82) is 0 Å². The molecule has 0 saturated carbocycles. The van der Waals surface area contributed by atoms with Crippen molar-refractivity contribution in [1.82, 2.24) is 0 Å². The summed E-state index contributed by atoms with van der Waals surface area (Å²) in [5.74, 6) is 0.407. The zero-order valence-electron chi connectivity index (χ0n) is 8.77. The maximum Gasteiger partial charge on any atom is 0.243 e. The van der Waals surface area contributed by atoms with E-state index in [2.05, 4.69) is 0 Å². The third-order valence-corrected chi connectivity index (χ3v) is 3.29. The van der Waals surface area contributed by atoms with Crippen molar-refractivity contribution in [2.75, 3.05) is 16.4 Å². The second kappa shape index (κ2) is 4.17. The summed E-state index contributed by atoms with van der Waals surface area (Å²) in [6, 6.07) is 4.71. The number of phenolic OH excluding ortho intramolecular Hbond substituents is 1. The van der Waals surface area contributed by atoms with Crippen molar-refractivity contribution >= 4 is 29.3 Å². The van der Waals surface area contributed by atoms with Crippen LogP contribution in [0.5, 0.6) is 5.75 Å². The van der Waals surface area contributed by atoms with Gasteiger partial charge in [-0.2, -0.15) is 0 Å². The molecule has 1 aliphatic rings. The first-order chi connectivity index (χ1) is 7.59. The van der Waals surface area contributed by atoms with Crippen LogP contribution in [-0.4, -0.2) is 28.4 Å². The lowest BCUT2D eigenvalue weighted by Crippen LogP contribution is -2.43. The average molecular weight is 237 g/mol. The highest BCUT2D eigenvalue weighted by Gasteiger charge is 2.27. The summed E-state index contributed by atoms with van der Waals surface area (Å²) >= 11 is 1.33. The van der Waals surface area contributed by atoms with Crippen molar-refractivity contribution in [3.05, 3.63) is 23.8 Å². The van der Waals surface area contributed by atoms with E-state index in [9.17, 15) is 14.7 Å². The molecule has 4 nitrogen and oxygen atoms in total. The van der Waals surface area contributed by atoms with Gasteiger partial charge in [0.2, 0.25) is 11.8 Å². The molecule has 1 N–H and O–H groups in total. The number of hydrogen-bond donors (Lipinski definition) is 1. The molecule has 2 rings (SSSR count). The van der Waals surface area contributed by atoms with Gasteiger partial charge in [0, 0.05) is 0 Å². The van der Waals surface area contributed by atoms with Gasteiger partial charge in [0.05, 0.1) is 17.2 Å². The topological polar surface area (TPSA) is 57.6 Å². The van der Waals surface area contributed by atoms with Gasteiger partial charge in [0.1, 0.15) is 5.75 Å². The molecule has 0 aromatic heterocycles. The molecule has 1 fully saturated rings. The largest absolute Gasteiger partial charge is 0.508 e. The fourth-order valence-electron chi connectivity index (χ4n) is 1.56. The Morgan fingerprint density at radius 3 is 2.44 bits per heavy atom. The third-order valence-electron chi connectivity index (χ3n) is 2.39. The molecule has 0 radical (unpaired) electrons. The number of aryl methyl sites for hydroxylation is 1. The van der Waals surface area contributed by atoms with Crippen LogP contribution in [0.25, 0.3) is 0 Å². The van der Waals surface area contributed by atoms with Crippen LogP contribution in [0.1, 0.15) is 5.56 Å². The van der Waals surface area contributed by atoms with Crippen molar-refractivity contribution in [2.45, 2.75) is 6.92 Å². The molecule has 1 aliphatic heterocycles. The highest BCUT2D eigenvalue weighted by atomic mass is 32.2. The molecule has 5 heteroatoms. The van der Waals surface area contributed by atoms with Gasteiger partial charge < -0.3 is 5.11 Å². The van der Waals surface area contributed by atoms with Gasteiger partial charge in [-0.3, -0.25) is 9.59 Å². The number of anilines is 1. The molecular weight excluding hydrogens is 226 g/mol. The van der Waals surface area contributed by atoms with E-state index in [0.29, 0.717) is 22.8 Å². The second-order valence-corrected chi connectivity index (χ2v) is 4.57.